The van der Waals surface area contributed by atoms with Gasteiger partial charge >= 0.3 is 0 Å². The SMILES string of the molecule is Cc1oc2ccc(OCc3c(F)cccc3F)cc2c1C(=O)NC1CCNC1=O. The summed E-state index contributed by atoms with van der Waals surface area (Å²) in [6, 6.07) is 7.80. The molecule has 0 aliphatic carbocycles. The number of hydrogen-bond acceptors (Lipinski definition) is 4. The number of carbonyl (C=O) groups excluding carboxylic acids is 2. The maximum atomic E-state index is 13.8. The second kappa shape index (κ2) is 7.54. The second-order valence-corrected chi connectivity index (χ2v) is 6.79. The van der Waals surface area contributed by atoms with E-state index in [2.05, 4.69) is 10.6 Å². The molecule has 2 N–H and O–H groups in total. The largest absolute Gasteiger partial charge is 0.489 e. The summed E-state index contributed by atoms with van der Waals surface area (Å²) in [6.45, 7) is 1.86. The molecule has 1 aliphatic rings. The molecule has 0 saturated carbocycles. The van der Waals surface area contributed by atoms with Gasteiger partial charge in [-0.2, -0.15) is 0 Å². The van der Waals surface area contributed by atoms with Crippen molar-refractivity contribution in [3.8, 4) is 5.75 Å². The molecule has 1 saturated heterocycles. The Hall–Kier alpha value is -3.42. The van der Waals surface area contributed by atoms with E-state index in [0.717, 1.165) is 12.1 Å². The van der Waals surface area contributed by atoms with E-state index in [1.54, 1.807) is 25.1 Å². The molecule has 1 aliphatic heterocycles. The van der Waals surface area contributed by atoms with E-state index in [9.17, 15) is 18.4 Å². The van der Waals surface area contributed by atoms with Crippen molar-refractivity contribution in [3.63, 3.8) is 0 Å². The van der Waals surface area contributed by atoms with Crippen LogP contribution in [0.2, 0.25) is 0 Å². The average Bonchev–Trinajstić information content (AvgIpc) is 3.23. The fraction of sp³-hybridized carbons (Fsp3) is 0.238. The van der Waals surface area contributed by atoms with Crippen molar-refractivity contribution in [2.45, 2.75) is 26.0 Å². The van der Waals surface area contributed by atoms with Gasteiger partial charge in [0, 0.05) is 11.9 Å². The maximum absolute atomic E-state index is 13.8. The number of aryl methyl sites for hydroxylation is 1. The molecule has 2 heterocycles. The molecule has 6 nitrogen and oxygen atoms in total. The first-order valence-corrected chi connectivity index (χ1v) is 9.11. The maximum Gasteiger partial charge on any atom is 0.256 e. The van der Waals surface area contributed by atoms with Crippen LogP contribution >= 0.6 is 0 Å². The molecule has 1 aromatic heterocycles. The van der Waals surface area contributed by atoms with Gasteiger partial charge in [-0.25, -0.2) is 8.78 Å². The molecule has 0 bridgehead atoms. The third kappa shape index (κ3) is 3.65. The molecule has 2 amide bonds. The van der Waals surface area contributed by atoms with Crippen molar-refractivity contribution < 1.29 is 27.5 Å². The van der Waals surface area contributed by atoms with Gasteiger partial charge in [0.2, 0.25) is 5.91 Å². The van der Waals surface area contributed by atoms with Crippen LogP contribution in [0, 0.1) is 18.6 Å². The summed E-state index contributed by atoms with van der Waals surface area (Å²) in [5, 5.41) is 5.86. The highest BCUT2D eigenvalue weighted by atomic mass is 19.1. The van der Waals surface area contributed by atoms with Gasteiger partial charge in [0.15, 0.2) is 0 Å². The molecule has 29 heavy (non-hydrogen) atoms. The third-order valence-electron chi connectivity index (χ3n) is 4.86. The van der Waals surface area contributed by atoms with Crippen molar-refractivity contribution in [3.05, 3.63) is 64.9 Å². The van der Waals surface area contributed by atoms with Gasteiger partial charge in [0.05, 0.1) is 11.1 Å². The molecular formula is C21H18F2N2O4. The number of nitrogens with one attached hydrogen (secondary N) is 2. The minimum Gasteiger partial charge on any atom is -0.489 e. The Balaban J connectivity index is 1.59. The molecule has 3 aromatic rings. The Morgan fingerprint density at radius 3 is 2.72 bits per heavy atom. The lowest BCUT2D eigenvalue weighted by Crippen LogP contribution is -2.40. The predicted molar refractivity (Wildman–Crippen MR) is 101 cm³/mol. The van der Waals surface area contributed by atoms with Gasteiger partial charge in [0.1, 0.15) is 41.4 Å². The number of ether oxygens (including phenoxy) is 1. The van der Waals surface area contributed by atoms with Crippen LogP contribution in [0.3, 0.4) is 0 Å². The van der Waals surface area contributed by atoms with Crippen LogP contribution in [0.5, 0.6) is 5.75 Å². The quantitative estimate of drug-likeness (QED) is 0.689. The first-order valence-electron chi connectivity index (χ1n) is 9.11. The van der Waals surface area contributed by atoms with Crippen molar-refractivity contribution in [1.29, 1.82) is 0 Å². The van der Waals surface area contributed by atoms with Gasteiger partial charge in [-0.1, -0.05) is 6.07 Å². The second-order valence-electron chi connectivity index (χ2n) is 6.79. The Morgan fingerprint density at radius 1 is 1.28 bits per heavy atom. The first kappa shape index (κ1) is 18.9. The lowest BCUT2D eigenvalue weighted by Gasteiger charge is -2.10. The molecule has 4 rings (SSSR count). The zero-order chi connectivity index (χ0) is 20.5. The number of carbonyl (C=O) groups is 2. The minimum atomic E-state index is -0.694. The third-order valence-corrected chi connectivity index (χ3v) is 4.86. The van der Waals surface area contributed by atoms with E-state index in [1.165, 1.54) is 6.07 Å². The van der Waals surface area contributed by atoms with Crippen LogP contribution in [0.15, 0.2) is 40.8 Å². The Labute approximate surface area is 164 Å². The number of amides is 2. The topological polar surface area (TPSA) is 80.6 Å². The zero-order valence-electron chi connectivity index (χ0n) is 15.6. The number of hydrogen-bond donors (Lipinski definition) is 2. The minimum absolute atomic E-state index is 0.179. The van der Waals surface area contributed by atoms with Crippen LogP contribution in [0.25, 0.3) is 11.0 Å². The van der Waals surface area contributed by atoms with Crippen LogP contribution in [-0.2, 0) is 11.4 Å². The smallest absolute Gasteiger partial charge is 0.256 e. The lowest BCUT2D eigenvalue weighted by atomic mass is 10.1. The Kier molecular flexibility index (Phi) is 4.92. The van der Waals surface area contributed by atoms with Crippen LogP contribution in [0.1, 0.15) is 28.1 Å². The van der Waals surface area contributed by atoms with Crippen molar-refractivity contribution in [2.75, 3.05) is 6.54 Å². The van der Waals surface area contributed by atoms with Gasteiger partial charge in [-0.3, -0.25) is 9.59 Å². The number of rotatable bonds is 5. The van der Waals surface area contributed by atoms with Crippen molar-refractivity contribution in [2.24, 2.45) is 0 Å². The summed E-state index contributed by atoms with van der Waals surface area (Å²) in [5.41, 5.74) is 0.580. The number of fused-ring (bicyclic) bond motifs is 1. The molecule has 0 radical (unpaired) electrons. The van der Waals surface area contributed by atoms with E-state index in [1.807, 2.05) is 0 Å². The average molecular weight is 400 g/mol. The van der Waals surface area contributed by atoms with Gasteiger partial charge in [-0.15, -0.1) is 0 Å². The lowest BCUT2D eigenvalue weighted by molar-refractivity contribution is -0.120. The zero-order valence-corrected chi connectivity index (χ0v) is 15.6. The predicted octanol–water partition coefficient (Wildman–Crippen LogP) is 3.22. The Bertz CT molecular complexity index is 1090. The molecule has 1 atom stereocenters. The van der Waals surface area contributed by atoms with E-state index >= 15 is 0 Å². The summed E-state index contributed by atoms with van der Waals surface area (Å²) in [6.07, 6.45) is 0.516. The summed E-state index contributed by atoms with van der Waals surface area (Å²) in [4.78, 5) is 24.5. The fourth-order valence-electron chi connectivity index (χ4n) is 3.36. The van der Waals surface area contributed by atoms with Gasteiger partial charge < -0.3 is 19.8 Å². The molecule has 1 fully saturated rings. The number of furan rings is 1. The summed E-state index contributed by atoms with van der Waals surface area (Å²) >= 11 is 0. The van der Waals surface area contributed by atoms with Gasteiger partial charge in [-0.05, 0) is 43.7 Å². The molecular weight excluding hydrogens is 382 g/mol. The summed E-state index contributed by atoms with van der Waals surface area (Å²) < 4.78 is 38.7. The van der Waals surface area contributed by atoms with Crippen molar-refractivity contribution >= 4 is 22.8 Å². The standard InChI is InChI=1S/C21H18F2N2O4/c1-11-19(21(27)25-17-7-8-24-20(17)26)13-9-12(5-6-18(13)29-11)28-10-14-15(22)3-2-4-16(14)23/h2-6,9,17H,7-8,10H2,1H3,(H,24,26)(H,25,27). The monoisotopic (exact) mass is 400 g/mol. The van der Waals surface area contributed by atoms with Crippen LogP contribution < -0.4 is 15.4 Å². The molecule has 0 spiro atoms. The van der Waals surface area contributed by atoms with Crippen LogP contribution in [0.4, 0.5) is 8.78 Å². The first-order chi connectivity index (χ1) is 13.9. The summed E-state index contributed by atoms with van der Waals surface area (Å²) in [5.74, 6) is -1.32. The highest BCUT2D eigenvalue weighted by molar-refractivity contribution is 6.08. The molecule has 150 valence electrons. The molecule has 1 unspecified atom stereocenters. The summed E-state index contributed by atoms with van der Waals surface area (Å²) in [7, 11) is 0. The van der Waals surface area contributed by atoms with E-state index in [-0.39, 0.29) is 18.1 Å². The normalized spacial score (nSPS) is 16.1. The fourth-order valence-corrected chi connectivity index (χ4v) is 3.36. The van der Waals surface area contributed by atoms with Crippen molar-refractivity contribution in [1.82, 2.24) is 10.6 Å². The van der Waals surface area contributed by atoms with Gasteiger partial charge in [0.25, 0.3) is 5.91 Å². The Morgan fingerprint density at radius 2 is 2.03 bits per heavy atom. The van der Waals surface area contributed by atoms with E-state index in [0.29, 0.717) is 41.0 Å². The highest BCUT2D eigenvalue weighted by Gasteiger charge is 2.28. The molecule has 2 aromatic carbocycles. The molecule has 8 heteroatoms. The van der Waals surface area contributed by atoms with E-state index < -0.39 is 23.6 Å². The van der Waals surface area contributed by atoms with E-state index in [4.69, 9.17) is 9.15 Å². The number of halogens is 2. The van der Waals surface area contributed by atoms with Crippen LogP contribution in [-0.4, -0.2) is 24.4 Å². The number of benzene rings is 2. The highest BCUT2D eigenvalue weighted by Crippen LogP contribution is 2.30.